The molecule has 0 bridgehead atoms. The molecule has 0 aromatic rings. The van der Waals surface area contributed by atoms with Crippen molar-refractivity contribution < 1.29 is 0 Å². The van der Waals surface area contributed by atoms with Gasteiger partial charge in [0.2, 0.25) is 0 Å². The number of hydrogen-bond acceptors (Lipinski definition) is 3. The summed E-state index contributed by atoms with van der Waals surface area (Å²) in [4.78, 5) is 2.46. The van der Waals surface area contributed by atoms with Crippen molar-refractivity contribution in [2.75, 3.05) is 38.2 Å². The average Bonchev–Trinajstić information content (AvgIpc) is 2.03. The second-order valence-corrected chi connectivity index (χ2v) is 4.32. The van der Waals surface area contributed by atoms with Gasteiger partial charge in [-0.25, -0.2) is 0 Å². The second kappa shape index (κ2) is 5.01. The fourth-order valence-electron chi connectivity index (χ4n) is 1.30. The molecule has 1 atom stereocenters. The molecule has 0 aromatic carbocycles. The molecule has 1 aliphatic heterocycles. The lowest BCUT2D eigenvalue weighted by Crippen LogP contribution is -2.50. The lowest BCUT2D eigenvalue weighted by atomic mass is 10.2. The number of hydrogen-bond donors (Lipinski definition) is 1. The molecule has 3 heteroatoms. The minimum absolute atomic E-state index is 0.758. The van der Waals surface area contributed by atoms with Crippen LogP contribution in [0.2, 0.25) is 0 Å². The third kappa shape index (κ3) is 3.01. The van der Waals surface area contributed by atoms with Gasteiger partial charge in [-0.1, -0.05) is 6.92 Å². The third-order valence-electron chi connectivity index (χ3n) is 2.16. The average molecular weight is 174 g/mol. The Morgan fingerprint density at radius 3 is 3.09 bits per heavy atom. The van der Waals surface area contributed by atoms with E-state index in [1.807, 2.05) is 11.8 Å². The van der Waals surface area contributed by atoms with E-state index in [-0.39, 0.29) is 0 Å². The largest absolute Gasteiger partial charge is 0.314 e. The van der Waals surface area contributed by atoms with Crippen molar-refractivity contribution in [2.45, 2.75) is 13.0 Å². The predicted octanol–water partition coefficient (Wildman–Crippen LogP) is 0.643. The van der Waals surface area contributed by atoms with Gasteiger partial charge in [-0.2, -0.15) is 11.8 Å². The van der Waals surface area contributed by atoms with Crippen LogP contribution in [-0.2, 0) is 0 Å². The molecule has 11 heavy (non-hydrogen) atoms. The molecule has 1 rings (SSSR count). The van der Waals surface area contributed by atoms with Crippen LogP contribution in [0.4, 0.5) is 0 Å². The van der Waals surface area contributed by atoms with Crippen LogP contribution in [-0.4, -0.2) is 49.1 Å². The fourth-order valence-corrected chi connectivity index (χ4v) is 2.18. The van der Waals surface area contributed by atoms with E-state index in [0.29, 0.717) is 0 Å². The maximum absolute atomic E-state index is 3.42. The summed E-state index contributed by atoms with van der Waals surface area (Å²) in [5.74, 6) is 2.52. The van der Waals surface area contributed by atoms with Crippen molar-refractivity contribution in [2.24, 2.45) is 0 Å². The molecule has 0 radical (unpaired) electrons. The van der Waals surface area contributed by atoms with E-state index in [2.05, 4.69) is 24.2 Å². The Balaban J connectivity index is 2.18. The van der Waals surface area contributed by atoms with Gasteiger partial charge in [0.15, 0.2) is 0 Å². The number of piperazine rings is 1. The molecule has 2 nitrogen and oxygen atoms in total. The number of likely N-dealkylation sites (N-methyl/N-ethyl adjacent to an activating group) is 1. The predicted molar refractivity (Wildman–Crippen MR) is 52.3 cm³/mol. The van der Waals surface area contributed by atoms with Crippen LogP contribution in [0.25, 0.3) is 0 Å². The van der Waals surface area contributed by atoms with Crippen molar-refractivity contribution in [1.82, 2.24) is 10.2 Å². The van der Waals surface area contributed by atoms with E-state index in [1.54, 1.807) is 0 Å². The summed E-state index contributed by atoms with van der Waals surface area (Å²) in [6, 6.07) is 0.758. The molecule has 1 saturated heterocycles. The van der Waals surface area contributed by atoms with E-state index < -0.39 is 0 Å². The minimum atomic E-state index is 0.758. The highest BCUT2D eigenvalue weighted by atomic mass is 32.2. The molecule has 0 spiro atoms. The molecule has 1 unspecified atom stereocenters. The van der Waals surface area contributed by atoms with E-state index in [9.17, 15) is 0 Å². The summed E-state index contributed by atoms with van der Waals surface area (Å²) in [6.07, 6.45) is 0. The summed E-state index contributed by atoms with van der Waals surface area (Å²) in [6.45, 7) is 5.75. The second-order valence-electron chi connectivity index (χ2n) is 3.00. The first-order chi connectivity index (χ1) is 5.34. The fraction of sp³-hybridized carbons (Fsp3) is 1.00. The Morgan fingerprint density at radius 2 is 2.45 bits per heavy atom. The lowest BCUT2D eigenvalue weighted by molar-refractivity contribution is 0.218. The van der Waals surface area contributed by atoms with Crippen LogP contribution >= 0.6 is 11.8 Å². The summed E-state index contributed by atoms with van der Waals surface area (Å²) in [7, 11) is 2.22. The summed E-state index contributed by atoms with van der Waals surface area (Å²) < 4.78 is 0. The van der Waals surface area contributed by atoms with Gasteiger partial charge in [-0.3, -0.25) is 0 Å². The third-order valence-corrected chi connectivity index (χ3v) is 3.19. The highest BCUT2D eigenvalue weighted by molar-refractivity contribution is 7.99. The SMILES string of the molecule is CCSCC1CNCCN1C. The van der Waals surface area contributed by atoms with Crippen LogP contribution < -0.4 is 5.32 Å². The van der Waals surface area contributed by atoms with E-state index in [4.69, 9.17) is 0 Å². The molecule has 1 heterocycles. The number of nitrogens with zero attached hydrogens (tertiary/aromatic N) is 1. The van der Waals surface area contributed by atoms with Crippen LogP contribution in [0.5, 0.6) is 0 Å². The van der Waals surface area contributed by atoms with Crippen molar-refractivity contribution in [3.05, 3.63) is 0 Å². The Kier molecular flexibility index (Phi) is 4.26. The number of rotatable bonds is 3. The van der Waals surface area contributed by atoms with Crippen molar-refractivity contribution in [3.63, 3.8) is 0 Å². The molecular formula is C8H18N2S. The van der Waals surface area contributed by atoms with Gasteiger partial charge < -0.3 is 10.2 Å². The maximum atomic E-state index is 3.42. The quantitative estimate of drug-likeness (QED) is 0.676. The molecule has 0 amide bonds. The van der Waals surface area contributed by atoms with Crippen molar-refractivity contribution in [1.29, 1.82) is 0 Å². The van der Waals surface area contributed by atoms with Gasteiger partial charge in [-0.05, 0) is 12.8 Å². The Hall–Kier alpha value is 0.270. The smallest absolute Gasteiger partial charge is 0.0308 e. The van der Waals surface area contributed by atoms with Crippen molar-refractivity contribution >= 4 is 11.8 Å². The van der Waals surface area contributed by atoms with Crippen LogP contribution in [0.3, 0.4) is 0 Å². The monoisotopic (exact) mass is 174 g/mol. The minimum Gasteiger partial charge on any atom is -0.314 e. The van der Waals surface area contributed by atoms with Crippen LogP contribution in [0.15, 0.2) is 0 Å². The van der Waals surface area contributed by atoms with Gasteiger partial charge in [0, 0.05) is 31.4 Å². The molecule has 1 aliphatic rings. The summed E-state index contributed by atoms with van der Waals surface area (Å²) in [5, 5.41) is 3.42. The first kappa shape index (κ1) is 9.36. The Morgan fingerprint density at radius 1 is 1.64 bits per heavy atom. The van der Waals surface area contributed by atoms with Crippen molar-refractivity contribution in [3.8, 4) is 0 Å². The first-order valence-corrected chi connectivity index (χ1v) is 5.48. The summed E-state index contributed by atoms with van der Waals surface area (Å²) >= 11 is 2.04. The van der Waals surface area contributed by atoms with Crippen LogP contribution in [0, 0.1) is 0 Å². The van der Waals surface area contributed by atoms with E-state index in [1.165, 1.54) is 24.6 Å². The summed E-state index contributed by atoms with van der Waals surface area (Å²) in [5.41, 5.74) is 0. The Labute approximate surface area is 73.7 Å². The lowest BCUT2D eigenvalue weighted by Gasteiger charge is -2.32. The van der Waals surface area contributed by atoms with Gasteiger partial charge in [0.25, 0.3) is 0 Å². The molecule has 0 saturated carbocycles. The molecule has 0 aliphatic carbocycles. The number of nitrogens with one attached hydrogen (secondary N) is 1. The standard InChI is InChI=1S/C8H18N2S/c1-3-11-7-8-6-9-4-5-10(8)2/h8-9H,3-7H2,1-2H3. The molecule has 66 valence electrons. The van der Waals surface area contributed by atoms with E-state index >= 15 is 0 Å². The van der Waals surface area contributed by atoms with E-state index in [0.717, 1.165) is 12.6 Å². The molecular weight excluding hydrogens is 156 g/mol. The topological polar surface area (TPSA) is 15.3 Å². The zero-order valence-corrected chi connectivity index (χ0v) is 8.28. The van der Waals surface area contributed by atoms with Gasteiger partial charge in [0.05, 0.1) is 0 Å². The Bertz CT molecular complexity index is 108. The van der Waals surface area contributed by atoms with Gasteiger partial charge in [-0.15, -0.1) is 0 Å². The number of thioether (sulfide) groups is 1. The maximum Gasteiger partial charge on any atom is 0.0308 e. The van der Waals surface area contributed by atoms with Crippen LogP contribution in [0.1, 0.15) is 6.92 Å². The molecule has 0 aromatic heterocycles. The van der Waals surface area contributed by atoms with Gasteiger partial charge >= 0.3 is 0 Å². The molecule has 1 fully saturated rings. The first-order valence-electron chi connectivity index (χ1n) is 4.33. The zero-order chi connectivity index (χ0) is 8.10. The highest BCUT2D eigenvalue weighted by Crippen LogP contribution is 2.08. The zero-order valence-electron chi connectivity index (χ0n) is 7.47. The highest BCUT2D eigenvalue weighted by Gasteiger charge is 2.17. The van der Waals surface area contributed by atoms with Gasteiger partial charge in [0.1, 0.15) is 0 Å². The normalized spacial score (nSPS) is 27.3. The molecule has 1 N–H and O–H groups in total.